The van der Waals surface area contributed by atoms with Crippen LogP contribution in [-0.2, 0) is 16.1 Å². The molecule has 0 fully saturated rings. The monoisotopic (exact) mass is 343 g/mol. The molecule has 0 saturated heterocycles. The Balaban J connectivity index is 1.95. The van der Waals surface area contributed by atoms with Gasteiger partial charge in [0.1, 0.15) is 5.25 Å². The van der Waals surface area contributed by atoms with Crippen LogP contribution in [0.1, 0.15) is 12.5 Å². The highest BCUT2D eigenvalue weighted by atomic mass is 32.2. The number of methoxy groups -OCH3 is 1. The Hall–Kier alpha value is -2.54. The Morgan fingerprint density at radius 3 is 2.71 bits per heavy atom. The quantitative estimate of drug-likeness (QED) is 0.505. The molecule has 1 unspecified atom stereocenters. The number of aromatic nitrogens is 3. The predicted molar refractivity (Wildman–Crippen MR) is 90.6 cm³/mol. The summed E-state index contributed by atoms with van der Waals surface area (Å²) >= 11 is 1.31. The SMILES string of the molecule is COC(=O)C(C)Sc1nnc(-c2ccco2)n1Cc1ccccc1. The Morgan fingerprint density at radius 2 is 2.04 bits per heavy atom. The molecule has 6 nitrogen and oxygen atoms in total. The first-order valence-corrected chi connectivity index (χ1v) is 8.32. The summed E-state index contributed by atoms with van der Waals surface area (Å²) in [6, 6.07) is 13.6. The number of ether oxygens (including phenoxy) is 1. The maximum Gasteiger partial charge on any atom is 0.318 e. The second-order valence-electron chi connectivity index (χ2n) is 5.14. The highest BCUT2D eigenvalue weighted by Crippen LogP contribution is 2.28. The molecular formula is C17H17N3O3S. The van der Waals surface area contributed by atoms with E-state index in [9.17, 15) is 4.79 Å². The largest absolute Gasteiger partial charge is 0.468 e. The number of hydrogen-bond acceptors (Lipinski definition) is 6. The lowest BCUT2D eigenvalue weighted by atomic mass is 10.2. The summed E-state index contributed by atoms with van der Waals surface area (Å²) in [6.07, 6.45) is 1.60. The lowest BCUT2D eigenvalue weighted by Gasteiger charge is -2.11. The van der Waals surface area contributed by atoms with Gasteiger partial charge in [-0.05, 0) is 24.6 Å². The summed E-state index contributed by atoms with van der Waals surface area (Å²) in [5, 5.41) is 8.74. The van der Waals surface area contributed by atoms with Crippen LogP contribution in [0.2, 0.25) is 0 Å². The van der Waals surface area contributed by atoms with Crippen molar-refractivity contribution in [3.05, 3.63) is 54.3 Å². The molecule has 3 rings (SSSR count). The zero-order valence-electron chi connectivity index (χ0n) is 13.4. The van der Waals surface area contributed by atoms with E-state index in [0.717, 1.165) is 5.56 Å². The van der Waals surface area contributed by atoms with E-state index < -0.39 is 0 Å². The van der Waals surface area contributed by atoms with Gasteiger partial charge in [0, 0.05) is 0 Å². The molecule has 0 N–H and O–H groups in total. The van der Waals surface area contributed by atoms with E-state index in [0.29, 0.717) is 23.3 Å². The van der Waals surface area contributed by atoms with Gasteiger partial charge in [-0.25, -0.2) is 0 Å². The fraction of sp³-hybridized carbons (Fsp3) is 0.235. The minimum atomic E-state index is -0.377. The van der Waals surface area contributed by atoms with E-state index in [4.69, 9.17) is 9.15 Å². The van der Waals surface area contributed by atoms with Crippen molar-refractivity contribution in [1.82, 2.24) is 14.8 Å². The van der Waals surface area contributed by atoms with Crippen molar-refractivity contribution in [3.63, 3.8) is 0 Å². The molecule has 7 heteroatoms. The second kappa shape index (κ2) is 7.35. The Labute approximate surface area is 143 Å². The van der Waals surface area contributed by atoms with Crippen molar-refractivity contribution in [2.75, 3.05) is 7.11 Å². The highest BCUT2D eigenvalue weighted by molar-refractivity contribution is 8.00. The standard InChI is InChI=1S/C17H17N3O3S/c1-12(16(21)22-2)24-17-19-18-15(14-9-6-10-23-14)20(17)11-13-7-4-3-5-8-13/h3-10,12H,11H2,1-2H3. The van der Waals surface area contributed by atoms with E-state index in [2.05, 4.69) is 10.2 Å². The number of furan rings is 1. The molecule has 0 aliphatic carbocycles. The highest BCUT2D eigenvalue weighted by Gasteiger charge is 2.22. The van der Waals surface area contributed by atoms with Gasteiger partial charge in [0.25, 0.3) is 0 Å². The first-order chi connectivity index (χ1) is 11.7. The van der Waals surface area contributed by atoms with Crippen LogP contribution in [0.15, 0.2) is 58.3 Å². The Kier molecular flexibility index (Phi) is 5.00. The van der Waals surface area contributed by atoms with Gasteiger partial charge in [0.05, 0.1) is 19.9 Å². The summed E-state index contributed by atoms with van der Waals surface area (Å²) in [6.45, 7) is 2.37. The topological polar surface area (TPSA) is 70.2 Å². The molecule has 0 amide bonds. The average molecular weight is 343 g/mol. The Morgan fingerprint density at radius 1 is 1.25 bits per heavy atom. The molecule has 1 atom stereocenters. The number of hydrogen-bond donors (Lipinski definition) is 0. The first-order valence-electron chi connectivity index (χ1n) is 7.44. The third-order valence-corrected chi connectivity index (χ3v) is 4.52. The normalized spacial score (nSPS) is 12.1. The summed E-state index contributed by atoms with van der Waals surface area (Å²) in [4.78, 5) is 11.7. The molecular weight excluding hydrogens is 326 g/mol. The molecule has 0 radical (unpaired) electrons. The predicted octanol–water partition coefficient (Wildman–Crippen LogP) is 3.24. The molecule has 1 aromatic carbocycles. The van der Waals surface area contributed by atoms with Crippen LogP contribution in [0, 0.1) is 0 Å². The van der Waals surface area contributed by atoms with Crippen LogP contribution in [0.3, 0.4) is 0 Å². The average Bonchev–Trinajstić information content (AvgIpc) is 3.25. The summed E-state index contributed by atoms with van der Waals surface area (Å²) in [7, 11) is 1.38. The van der Waals surface area contributed by atoms with E-state index in [1.54, 1.807) is 19.3 Å². The van der Waals surface area contributed by atoms with Crippen molar-refractivity contribution >= 4 is 17.7 Å². The van der Waals surface area contributed by atoms with Crippen molar-refractivity contribution in [2.45, 2.75) is 23.9 Å². The molecule has 124 valence electrons. The number of nitrogens with zero attached hydrogens (tertiary/aromatic N) is 3. The van der Waals surface area contributed by atoms with Crippen LogP contribution in [0.5, 0.6) is 0 Å². The molecule has 0 aliphatic rings. The van der Waals surface area contributed by atoms with Crippen molar-refractivity contribution in [3.8, 4) is 11.6 Å². The van der Waals surface area contributed by atoms with Crippen LogP contribution in [-0.4, -0.2) is 33.1 Å². The zero-order chi connectivity index (χ0) is 16.9. The number of esters is 1. The first kappa shape index (κ1) is 16.3. The van der Waals surface area contributed by atoms with Crippen LogP contribution >= 0.6 is 11.8 Å². The minimum Gasteiger partial charge on any atom is -0.468 e. The van der Waals surface area contributed by atoms with Gasteiger partial charge in [-0.1, -0.05) is 42.1 Å². The van der Waals surface area contributed by atoms with Gasteiger partial charge in [0.2, 0.25) is 5.82 Å². The number of thioether (sulfide) groups is 1. The summed E-state index contributed by atoms with van der Waals surface area (Å²) in [5.74, 6) is 0.966. The van der Waals surface area contributed by atoms with Gasteiger partial charge >= 0.3 is 5.97 Å². The number of benzene rings is 1. The fourth-order valence-corrected chi connectivity index (χ4v) is 3.12. The zero-order valence-corrected chi connectivity index (χ0v) is 14.2. The molecule has 0 spiro atoms. The van der Waals surface area contributed by atoms with Gasteiger partial charge < -0.3 is 9.15 Å². The third kappa shape index (κ3) is 3.51. The van der Waals surface area contributed by atoms with Gasteiger partial charge in [-0.15, -0.1) is 10.2 Å². The molecule has 3 aromatic rings. The number of carbonyl (C=O) groups is 1. The fourth-order valence-electron chi connectivity index (χ4n) is 2.24. The maximum absolute atomic E-state index is 11.7. The minimum absolute atomic E-state index is 0.297. The molecule has 24 heavy (non-hydrogen) atoms. The number of rotatable bonds is 6. The van der Waals surface area contributed by atoms with E-state index in [-0.39, 0.29) is 11.2 Å². The van der Waals surface area contributed by atoms with Crippen LogP contribution < -0.4 is 0 Å². The maximum atomic E-state index is 11.7. The van der Waals surface area contributed by atoms with Crippen molar-refractivity contribution in [2.24, 2.45) is 0 Å². The van der Waals surface area contributed by atoms with Crippen molar-refractivity contribution in [1.29, 1.82) is 0 Å². The molecule has 0 saturated carbocycles. The lowest BCUT2D eigenvalue weighted by molar-refractivity contribution is -0.139. The second-order valence-corrected chi connectivity index (χ2v) is 6.45. The summed E-state index contributed by atoms with van der Waals surface area (Å²) in [5.41, 5.74) is 1.11. The smallest absolute Gasteiger partial charge is 0.318 e. The third-order valence-electron chi connectivity index (χ3n) is 3.46. The molecule has 0 bridgehead atoms. The Bertz CT molecular complexity index is 800. The van der Waals surface area contributed by atoms with Gasteiger partial charge in [-0.2, -0.15) is 0 Å². The van der Waals surface area contributed by atoms with E-state index >= 15 is 0 Å². The molecule has 0 aliphatic heterocycles. The molecule has 2 heterocycles. The van der Waals surface area contributed by atoms with E-state index in [1.807, 2.05) is 41.0 Å². The van der Waals surface area contributed by atoms with Gasteiger partial charge in [-0.3, -0.25) is 9.36 Å². The van der Waals surface area contributed by atoms with Crippen LogP contribution in [0.25, 0.3) is 11.6 Å². The number of carbonyl (C=O) groups excluding carboxylic acids is 1. The lowest BCUT2D eigenvalue weighted by Crippen LogP contribution is -2.16. The van der Waals surface area contributed by atoms with Crippen LogP contribution in [0.4, 0.5) is 0 Å². The summed E-state index contributed by atoms with van der Waals surface area (Å²) < 4.78 is 12.2. The van der Waals surface area contributed by atoms with Crippen molar-refractivity contribution < 1.29 is 13.9 Å². The molecule has 2 aromatic heterocycles. The van der Waals surface area contributed by atoms with E-state index in [1.165, 1.54) is 18.9 Å². The van der Waals surface area contributed by atoms with Gasteiger partial charge in [0.15, 0.2) is 10.9 Å².